The molecule has 1 saturated heterocycles. The van der Waals surface area contributed by atoms with E-state index in [1.807, 2.05) is 11.8 Å². The normalized spacial score (nSPS) is 18.1. The zero-order chi connectivity index (χ0) is 22.2. The third kappa shape index (κ3) is 6.27. The van der Waals surface area contributed by atoms with Crippen LogP contribution in [0, 0.1) is 0 Å². The van der Waals surface area contributed by atoms with Crippen LogP contribution in [0.15, 0.2) is 51.1 Å². The van der Waals surface area contributed by atoms with Crippen LogP contribution in [0.4, 0.5) is 11.4 Å². The summed E-state index contributed by atoms with van der Waals surface area (Å²) < 4.78 is 0. The molecule has 1 N–H and O–H groups in total. The van der Waals surface area contributed by atoms with Crippen LogP contribution in [0.3, 0.4) is 0 Å². The van der Waals surface area contributed by atoms with Gasteiger partial charge in [0.2, 0.25) is 0 Å². The van der Waals surface area contributed by atoms with Gasteiger partial charge in [0.15, 0.2) is 0 Å². The first kappa shape index (κ1) is 24.0. The second-order valence-corrected chi connectivity index (χ2v) is 11.6. The summed E-state index contributed by atoms with van der Waals surface area (Å²) >= 11 is 4.01. The van der Waals surface area contributed by atoms with Gasteiger partial charge in [0.1, 0.15) is 0 Å². The molecule has 0 bridgehead atoms. The maximum atomic E-state index is 3.83. The van der Waals surface area contributed by atoms with Crippen molar-refractivity contribution in [3.05, 3.63) is 42.0 Å². The van der Waals surface area contributed by atoms with Gasteiger partial charge in [-0.25, -0.2) is 0 Å². The third-order valence-corrected chi connectivity index (χ3v) is 9.33. The van der Waals surface area contributed by atoms with Crippen molar-refractivity contribution in [1.82, 2.24) is 4.90 Å². The fraction of sp³-hybridized carbons (Fsp3) is 0.571. The molecule has 0 radical (unpaired) electrons. The molecular formula is C28H40N2S2. The molecule has 32 heavy (non-hydrogen) atoms. The molecule has 0 aromatic heterocycles. The Morgan fingerprint density at radius 2 is 1.84 bits per heavy atom. The quantitative estimate of drug-likeness (QED) is 0.223. The number of rotatable bonds is 11. The molecule has 1 fully saturated rings. The maximum Gasteiger partial charge on any atom is 0.0570 e. The highest BCUT2D eigenvalue weighted by molar-refractivity contribution is 8.00. The van der Waals surface area contributed by atoms with Crippen LogP contribution in [-0.4, -0.2) is 30.3 Å². The first-order valence-electron chi connectivity index (χ1n) is 12.8. The van der Waals surface area contributed by atoms with Crippen LogP contribution < -0.4 is 5.32 Å². The molecule has 2 aromatic carbocycles. The van der Waals surface area contributed by atoms with E-state index in [1.54, 1.807) is 5.56 Å². The molecule has 1 unspecified atom stereocenters. The molecule has 0 saturated carbocycles. The highest BCUT2D eigenvalue weighted by atomic mass is 32.2. The lowest BCUT2D eigenvalue weighted by atomic mass is 9.95. The Kier molecular flexibility index (Phi) is 9.31. The van der Waals surface area contributed by atoms with Crippen LogP contribution in [0.1, 0.15) is 76.7 Å². The van der Waals surface area contributed by atoms with Crippen molar-refractivity contribution in [1.29, 1.82) is 0 Å². The van der Waals surface area contributed by atoms with E-state index in [0.717, 1.165) is 6.04 Å². The molecule has 174 valence electrons. The van der Waals surface area contributed by atoms with Crippen LogP contribution >= 0.6 is 23.5 Å². The summed E-state index contributed by atoms with van der Waals surface area (Å²) in [5.41, 5.74) is 4.19. The van der Waals surface area contributed by atoms with Crippen molar-refractivity contribution in [2.45, 2.75) is 98.3 Å². The molecule has 4 heteroatoms. The smallest absolute Gasteiger partial charge is 0.0570 e. The van der Waals surface area contributed by atoms with Gasteiger partial charge in [-0.3, -0.25) is 0 Å². The molecule has 2 aromatic rings. The molecule has 0 amide bonds. The average molecular weight is 469 g/mol. The Morgan fingerprint density at radius 3 is 2.72 bits per heavy atom. The van der Waals surface area contributed by atoms with E-state index in [4.69, 9.17) is 0 Å². The Morgan fingerprint density at radius 1 is 1.00 bits per heavy atom. The Bertz CT molecular complexity index is 867. The number of nitrogens with zero attached hydrogens (tertiary/aromatic N) is 1. The van der Waals surface area contributed by atoms with Crippen molar-refractivity contribution >= 4 is 34.9 Å². The van der Waals surface area contributed by atoms with E-state index in [2.05, 4.69) is 72.3 Å². The van der Waals surface area contributed by atoms with Crippen molar-refractivity contribution in [3.8, 4) is 0 Å². The minimum Gasteiger partial charge on any atom is -0.353 e. The molecule has 2 aliphatic heterocycles. The van der Waals surface area contributed by atoms with Gasteiger partial charge in [0.05, 0.1) is 11.4 Å². The summed E-state index contributed by atoms with van der Waals surface area (Å²) in [7, 11) is 2.32. The molecule has 0 spiro atoms. The number of fused-ring (bicyclic) bond motifs is 2. The second-order valence-electron chi connectivity index (χ2n) is 9.42. The number of nitrogens with one attached hydrogen (secondary N) is 1. The van der Waals surface area contributed by atoms with Crippen LogP contribution in [-0.2, 0) is 6.42 Å². The van der Waals surface area contributed by atoms with Gasteiger partial charge < -0.3 is 10.2 Å². The number of unbranched alkanes of at least 4 members (excludes halogenated alkanes) is 5. The number of thioether (sulfide) groups is 1. The SMILES string of the molecule is CCCCCCCCSc1ccc2c(c1CCC1CCCCN1C)Nc1ccccc1S2. The molecule has 1 atom stereocenters. The number of piperidine rings is 1. The summed E-state index contributed by atoms with van der Waals surface area (Å²) in [6.07, 6.45) is 14.8. The molecule has 2 aliphatic rings. The van der Waals surface area contributed by atoms with Gasteiger partial charge in [-0.15, -0.1) is 11.8 Å². The largest absolute Gasteiger partial charge is 0.353 e. The molecule has 2 heterocycles. The van der Waals surface area contributed by atoms with Gasteiger partial charge in [-0.1, -0.05) is 69.3 Å². The summed E-state index contributed by atoms with van der Waals surface area (Å²) in [5, 5.41) is 3.83. The first-order chi connectivity index (χ1) is 15.8. The third-order valence-electron chi connectivity index (χ3n) is 7.00. The van der Waals surface area contributed by atoms with Gasteiger partial charge in [0.25, 0.3) is 0 Å². The standard InChI is InChI=1S/C28H40N2S2/c1-3-4-5-6-7-12-21-31-25-18-19-27-28(29-24-14-8-9-15-26(24)32-27)23(25)17-16-22-13-10-11-20-30(22)2/h8-9,14-15,18-19,22,29H,3-7,10-13,16-17,20-21H2,1-2H3. The number of hydrogen-bond donors (Lipinski definition) is 1. The highest BCUT2D eigenvalue weighted by Gasteiger charge is 2.23. The topological polar surface area (TPSA) is 15.3 Å². The minimum absolute atomic E-state index is 0.736. The molecule has 0 aliphatic carbocycles. The maximum absolute atomic E-state index is 3.83. The van der Waals surface area contributed by atoms with Crippen molar-refractivity contribution in [2.24, 2.45) is 0 Å². The van der Waals surface area contributed by atoms with Gasteiger partial charge in [-0.2, -0.15) is 0 Å². The monoisotopic (exact) mass is 468 g/mol. The van der Waals surface area contributed by atoms with Gasteiger partial charge >= 0.3 is 0 Å². The van der Waals surface area contributed by atoms with E-state index in [9.17, 15) is 0 Å². The molecule has 4 rings (SSSR count). The Balaban J connectivity index is 1.46. The van der Waals surface area contributed by atoms with Gasteiger partial charge in [-0.05, 0) is 81.3 Å². The Hall–Kier alpha value is -1.10. The lowest BCUT2D eigenvalue weighted by Gasteiger charge is -2.33. The summed E-state index contributed by atoms with van der Waals surface area (Å²) in [4.78, 5) is 6.83. The van der Waals surface area contributed by atoms with E-state index in [1.165, 1.54) is 109 Å². The zero-order valence-corrected chi connectivity index (χ0v) is 21.6. The van der Waals surface area contributed by atoms with E-state index in [0.29, 0.717) is 0 Å². The first-order valence-corrected chi connectivity index (χ1v) is 14.6. The van der Waals surface area contributed by atoms with E-state index < -0.39 is 0 Å². The fourth-order valence-electron chi connectivity index (χ4n) is 5.01. The van der Waals surface area contributed by atoms with Gasteiger partial charge in [0, 0.05) is 20.7 Å². The zero-order valence-electron chi connectivity index (χ0n) is 20.0. The second kappa shape index (κ2) is 12.4. The lowest BCUT2D eigenvalue weighted by Crippen LogP contribution is -2.36. The van der Waals surface area contributed by atoms with E-state index >= 15 is 0 Å². The number of anilines is 2. The minimum atomic E-state index is 0.736. The number of hydrogen-bond acceptors (Lipinski definition) is 4. The predicted octanol–water partition coefficient (Wildman–Crippen LogP) is 8.76. The van der Waals surface area contributed by atoms with Crippen LogP contribution in [0.25, 0.3) is 0 Å². The summed E-state index contributed by atoms with van der Waals surface area (Å²) in [6, 6.07) is 14.2. The lowest BCUT2D eigenvalue weighted by molar-refractivity contribution is 0.176. The van der Waals surface area contributed by atoms with Crippen molar-refractivity contribution in [3.63, 3.8) is 0 Å². The fourth-order valence-corrected chi connectivity index (χ4v) is 7.15. The summed E-state index contributed by atoms with van der Waals surface area (Å²) in [6.45, 7) is 3.56. The van der Waals surface area contributed by atoms with Crippen molar-refractivity contribution < 1.29 is 0 Å². The van der Waals surface area contributed by atoms with E-state index in [-0.39, 0.29) is 0 Å². The number of likely N-dealkylation sites (tertiary alicyclic amines) is 1. The summed E-state index contributed by atoms with van der Waals surface area (Å²) in [5.74, 6) is 1.24. The molecule has 2 nitrogen and oxygen atoms in total. The predicted molar refractivity (Wildman–Crippen MR) is 143 cm³/mol. The molecular weight excluding hydrogens is 428 g/mol. The highest BCUT2D eigenvalue weighted by Crippen LogP contribution is 2.48. The average Bonchev–Trinajstić information content (AvgIpc) is 2.82. The van der Waals surface area contributed by atoms with Crippen molar-refractivity contribution in [2.75, 3.05) is 24.7 Å². The van der Waals surface area contributed by atoms with Crippen LogP contribution in [0.5, 0.6) is 0 Å². The number of benzene rings is 2. The Labute approximate surface area is 204 Å². The van der Waals surface area contributed by atoms with Crippen LogP contribution in [0.2, 0.25) is 0 Å². The number of para-hydroxylation sites is 1.